The first-order valence-electron chi connectivity index (χ1n) is 8.09. The molecule has 1 aromatic heterocycles. The fourth-order valence-electron chi connectivity index (χ4n) is 2.58. The summed E-state index contributed by atoms with van der Waals surface area (Å²) < 4.78 is 7.26. The molecule has 0 N–H and O–H groups in total. The lowest BCUT2D eigenvalue weighted by Gasteiger charge is -2.09. The van der Waals surface area contributed by atoms with Crippen molar-refractivity contribution >= 4 is 11.9 Å². The molecule has 126 valence electrons. The summed E-state index contributed by atoms with van der Waals surface area (Å²) in [5.41, 5.74) is 3.78. The van der Waals surface area contributed by atoms with Crippen molar-refractivity contribution in [1.29, 1.82) is 0 Å². The molecular weight excluding hydrogens is 312 g/mol. The van der Waals surface area contributed by atoms with Gasteiger partial charge in [0.25, 0.3) is 0 Å². The van der Waals surface area contributed by atoms with Crippen LogP contribution in [0, 0.1) is 6.92 Å². The summed E-state index contributed by atoms with van der Waals surface area (Å²) in [6, 6.07) is 15.3. The molecule has 3 rings (SSSR count). The topological polar surface area (TPSA) is 44.1 Å². The summed E-state index contributed by atoms with van der Waals surface area (Å²) in [5.74, 6) is 0.793. The second-order valence-electron chi connectivity index (χ2n) is 5.84. The van der Waals surface area contributed by atoms with Crippen LogP contribution in [0.25, 0.3) is 6.08 Å². The van der Waals surface area contributed by atoms with E-state index >= 15 is 0 Å². The average molecular weight is 332 g/mol. The lowest BCUT2D eigenvalue weighted by Crippen LogP contribution is -2.02. The molecule has 0 fully saturated rings. The van der Waals surface area contributed by atoms with E-state index in [2.05, 4.69) is 5.10 Å². The minimum Gasteiger partial charge on any atom is -0.496 e. The molecule has 0 aliphatic heterocycles. The first-order chi connectivity index (χ1) is 12.2. The summed E-state index contributed by atoms with van der Waals surface area (Å²) in [6.45, 7) is 2.62. The molecule has 0 saturated heterocycles. The minimum absolute atomic E-state index is 0.00977. The first kappa shape index (κ1) is 16.7. The summed E-state index contributed by atoms with van der Waals surface area (Å²) in [5, 5.41) is 4.23. The van der Waals surface area contributed by atoms with E-state index in [1.54, 1.807) is 19.4 Å². The van der Waals surface area contributed by atoms with Gasteiger partial charge in [-0.25, -0.2) is 0 Å². The number of methoxy groups -OCH3 is 1. The van der Waals surface area contributed by atoms with Gasteiger partial charge in [0.1, 0.15) is 5.75 Å². The van der Waals surface area contributed by atoms with Crippen LogP contribution < -0.4 is 4.74 Å². The van der Waals surface area contributed by atoms with Crippen molar-refractivity contribution < 1.29 is 9.53 Å². The zero-order valence-electron chi connectivity index (χ0n) is 14.3. The summed E-state index contributed by atoms with van der Waals surface area (Å²) in [4.78, 5) is 12.3. The molecule has 0 aliphatic rings. The van der Waals surface area contributed by atoms with Crippen molar-refractivity contribution in [2.24, 2.45) is 0 Å². The van der Waals surface area contributed by atoms with Gasteiger partial charge in [-0.15, -0.1) is 0 Å². The van der Waals surface area contributed by atoms with Gasteiger partial charge in [0, 0.05) is 23.5 Å². The van der Waals surface area contributed by atoms with Crippen LogP contribution in [0.4, 0.5) is 0 Å². The third-order valence-electron chi connectivity index (χ3n) is 3.96. The van der Waals surface area contributed by atoms with E-state index in [1.165, 1.54) is 0 Å². The highest BCUT2D eigenvalue weighted by atomic mass is 16.5. The van der Waals surface area contributed by atoms with Crippen LogP contribution in [0.15, 0.2) is 67.0 Å². The minimum atomic E-state index is -0.00977. The highest BCUT2D eigenvalue weighted by Gasteiger charge is 2.06. The maximum Gasteiger partial charge on any atom is 0.185 e. The summed E-state index contributed by atoms with van der Waals surface area (Å²) >= 11 is 0. The molecule has 0 spiro atoms. The molecule has 0 bridgehead atoms. The van der Waals surface area contributed by atoms with Gasteiger partial charge in [0.05, 0.1) is 13.7 Å². The second-order valence-corrected chi connectivity index (χ2v) is 5.84. The number of ether oxygens (including phenoxy) is 1. The van der Waals surface area contributed by atoms with E-state index in [1.807, 2.05) is 72.4 Å². The van der Waals surface area contributed by atoms with E-state index in [9.17, 15) is 4.79 Å². The third kappa shape index (κ3) is 4.23. The SMILES string of the molecule is COc1ccc(/C=C/C(=O)c2ccc(C)cc2)cc1Cn1cccn1. The monoisotopic (exact) mass is 332 g/mol. The molecule has 4 heteroatoms. The Morgan fingerprint density at radius 1 is 1.20 bits per heavy atom. The van der Waals surface area contributed by atoms with Crippen LogP contribution in [0.5, 0.6) is 5.75 Å². The summed E-state index contributed by atoms with van der Waals surface area (Å²) in [7, 11) is 1.65. The number of carbonyl (C=O) groups is 1. The number of benzene rings is 2. The summed E-state index contributed by atoms with van der Waals surface area (Å²) in [6.07, 6.45) is 7.08. The zero-order chi connectivity index (χ0) is 17.6. The molecule has 0 aliphatic carbocycles. The fourth-order valence-corrected chi connectivity index (χ4v) is 2.58. The molecule has 2 aromatic carbocycles. The van der Waals surface area contributed by atoms with Crippen LogP contribution in [0.1, 0.15) is 27.0 Å². The quantitative estimate of drug-likeness (QED) is 0.503. The number of aromatic nitrogens is 2. The van der Waals surface area contributed by atoms with Gasteiger partial charge in [0.2, 0.25) is 0 Å². The predicted molar refractivity (Wildman–Crippen MR) is 98.9 cm³/mol. The molecule has 0 atom stereocenters. The maximum absolute atomic E-state index is 12.3. The van der Waals surface area contributed by atoms with Gasteiger partial charge in [-0.2, -0.15) is 5.10 Å². The van der Waals surface area contributed by atoms with Gasteiger partial charge in [-0.05, 0) is 36.8 Å². The lowest BCUT2D eigenvalue weighted by molar-refractivity contribution is 0.104. The van der Waals surface area contributed by atoms with Crippen molar-refractivity contribution in [2.45, 2.75) is 13.5 Å². The molecule has 25 heavy (non-hydrogen) atoms. The molecule has 0 amide bonds. The number of hydrogen-bond acceptors (Lipinski definition) is 3. The van der Waals surface area contributed by atoms with Crippen molar-refractivity contribution in [1.82, 2.24) is 9.78 Å². The molecule has 0 saturated carbocycles. The Morgan fingerprint density at radius 2 is 2.00 bits per heavy atom. The second kappa shape index (κ2) is 7.62. The van der Waals surface area contributed by atoms with E-state index < -0.39 is 0 Å². The van der Waals surface area contributed by atoms with Crippen molar-refractivity contribution in [3.63, 3.8) is 0 Å². The smallest absolute Gasteiger partial charge is 0.185 e. The average Bonchev–Trinajstić information content (AvgIpc) is 3.13. The number of carbonyl (C=O) groups excluding carboxylic acids is 1. The van der Waals surface area contributed by atoms with Crippen molar-refractivity contribution in [3.05, 3.63) is 89.3 Å². The van der Waals surface area contributed by atoms with Gasteiger partial charge in [-0.3, -0.25) is 9.48 Å². The van der Waals surface area contributed by atoms with Gasteiger partial charge >= 0.3 is 0 Å². The van der Waals surface area contributed by atoms with Crippen LogP contribution in [-0.2, 0) is 6.54 Å². The molecule has 0 unspecified atom stereocenters. The Morgan fingerprint density at radius 3 is 2.68 bits per heavy atom. The van der Waals surface area contributed by atoms with Crippen LogP contribution in [0.2, 0.25) is 0 Å². The number of ketones is 1. The van der Waals surface area contributed by atoms with E-state index in [0.29, 0.717) is 12.1 Å². The molecule has 0 radical (unpaired) electrons. The maximum atomic E-state index is 12.3. The standard InChI is InChI=1S/C21H20N2O2/c1-16-4-8-18(9-5-16)20(24)10-6-17-7-11-21(25-2)19(14-17)15-23-13-3-12-22-23/h3-14H,15H2,1-2H3/b10-6+. The van der Waals surface area contributed by atoms with E-state index in [0.717, 1.165) is 22.4 Å². The van der Waals surface area contributed by atoms with Gasteiger partial charge in [-0.1, -0.05) is 42.0 Å². The number of allylic oxidation sites excluding steroid dienone is 1. The molecule has 1 heterocycles. The van der Waals surface area contributed by atoms with Crippen molar-refractivity contribution in [2.75, 3.05) is 7.11 Å². The Balaban J connectivity index is 1.80. The van der Waals surface area contributed by atoms with Gasteiger partial charge in [0.15, 0.2) is 5.78 Å². The highest BCUT2D eigenvalue weighted by Crippen LogP contribution is 2.21. The van der Waals surface area contributed by atoms with Crippen molar-refractivity contribution in [3.8, 4) is 5.75 Å². The Labute approximate surface area is 147 Å². The molecule has 3 aromatic rings. The predicted octanol–water partition coefficient (Wildman–Crippen LogP) is 4.14. The number of rotatable bonds is 6. The fraction of sp³-hybridized carbons (Fsp3) is 0.143. The number of hydrogen-bond donors (Lipinski definition) is 0. The number of aryl methyl sites for hydroxylation is 1. The lowest BCUT2D eigenvalue weighted by atomic mass is 10.1. The normalized spacial score (nSPS) is 11.0. The Kier molecular flexibility index (Phi) is 5.09. The largest absolute Gasteiger partial charge is 0.496 e. The molecular formula is C21H20N2O2. The Bertz CT molecular complexity index is 879. The zero-order valence-corrected chi connectivity index (χ0v) is 14.3. The van der Waals surface area contributed by atoms with Crippen LogP contribution in [-0.4, -0.2) is 22.7 Å². The van der Waals surface area contributed by atoms with Crippen LogP contribution in [0.3, 0.4) is 0 Å². The first-order valence-corrected chi connectivity index (χ1v) is 8.09. The van der Waals surface area contributed by atoms with Gasteiger partial charge < -0.3 is 4.74 Å². The third-order valence-corrected chi connectivity index (χ3v) is 3.96. The van der Waals surface area contributed by atoms with Crippen LogP contribution >= 0.6 is 0 Å². The van der Waals surface area contributed by atoms with E-state index in [4.69, 9.17) is 4.74 Å². The van der Waals surface area contributed by atoms with E-state index in [-0.39, 0.29) is 5.78 Å². The number of nitrogens with zero attached hydrogens (tertiary/aromatic N) is 2. The highest BCUT2D eigenvalue weighted by molar-refractivity contribution is 6.06. The molecule has 4 nitrogen and oxygen atoms in total. The Hall–Kier alpha value is -3.14.